The molecule has 1 aliphatic carbocycles. The number of hydrogen-bond acceptors (Lipinski definition) is 4. The molecule has 0 aliphatic heterocycles. The fourth-order valence-electron chi connectivity index (χ4n) is 2.43. The number of anilines is 1. The standard InChI is InChI=1S/C13H15N3O2/c1-9-3-2-4-11(9)15-12-6-5-10(8-14)7-13(12)16(17)18/h5-7,9,11,15H,2-4H2,1H3. The number of benzene rings is 1. The zero-order valence-corrected chi connectivity index (χ0v) is 10.2. The highest BCUT2D eigenvalue weighted by atomic mass is 16.6. The second-order valence-corrected chi connectivity index (χ2v) is 4.76. The van der Waals surface area contributed by atoms with Crippen molar-refractivity contribution in [1.29, 1.82) is 5.26 Å². The molecule has 1 aromatic rings. The van der Waals surface area contributed by atoms with Crippen LogP contribution in [0.3, 0.4) is 0 Å². The molecule has 0 radical (unpaired) electrons. The third kappa shape index (κ3) is 2.43. The van der Waals surface area contributed by atoms with Crippen molar-refractivity contribution in [3.05, 3.63) is 33.9 Å². The highest BCUT2D eigenvalue weighted by Crippen LogP contribution is 2.32. The molecule has 1 aromatic carbocycles. The van der Waals surface area contributed by atoms with E-state index in [0.29, 0.717) is 17.2 Å². The highest BCUT2D eigenvalue weighted by molar-refractivity contribution is 5.64. The van der Waals surface area contributed by atoms with Crippen LogP contribution in [-0.4, -0.2) is 11.0 Å². The van der Waals surface area contributed by atoms with Crippen LogP contribution in [0.25, 0.3) is 0 Å². The van der Waals surface area contributed by atoms with Gasteiger partial charge < -0.3 is 5.32 Å². The normalized spacial score (nSPS) is 22.4. The van der Waals surface area contributed by atoms with Gasteiger partial charge in [0, 0.05) is 12.1 Å². The Morgan fingerprint density at radius 2 is 2.28 bits per heavy atom. The SMILES string of the molecule is CC1CCCC1Nc1ccc(C#N)cc1[N+](=O)[O-]. The molecule has 2 unspecified atom stereocenters. The Hall–Kier alpha value is -2.09. The van der Waals surface area contributed by atoms with E-state index in [1.54, 1.807) is 12.1 Å². The van der Waals surface area contributed by atoms with E-state index in [2.05, 4.69) is 12.2 Å². The van der Waals surface area contributed by atoms with E-state index < -0.39 is 4.92 Å². The summed E-state index contributed by atoms with van der Waals surface area (Å²) in [7, 11) is 0. The Morgan fingerprint density at radius 3 is 2.83 bits per heavy atom. The van der Waals surface area contributed by atoms with Crippen LogP contribution in [0.5, 0.6) is 0 Å². The molecule has 94 valence electrons. The molecular formula is C13H15N3O2. The molecule has 0 amide bonds. The first-order chi connectivity index (χ1) is 8.61. The fraction of sp³-hybridized carbons (Fsp3) is 0.462. The van der Waals surface area contributed by atoms with Crippen molar-refractivity contribution >= 4 is 11.4 Å². The monoisotopic (exact) mass is 245 g/mol. The average Bonchev–Trinajstić information content (AvgIpc) is 2.75. The molecule has 0 bridgehead atoms. The first-order valence-corrected chi connectivity index (χ1v) is 6.07. The van der Waals surface area contributed by atoms with Crippen molar-refractivity contribution in [2.75, 3.05) is 5.32 Å². The molecule has 0 saturated heterocycles. The minimum Gasteiger partial charge on any atom is -0.376 e. The molecule has 5 nitrogen and oxygen atoms in total. The predicted octanol–water partition coefficient (Wildman–Crippen LogP) is 3.07. The van der Waals surface area contributed by atoms with Gasteiger partial charge in [-0.25, -0.2) is 0 Å². The van der Waals surface area contributed by atoms with Crippen molar-refractivity contribution in [3.63, 3.8) is 0 Å². The number of hydrogen-bond donors (Lipinski definition) is 1. The van der Waals surface area contributed by atoms with E-state index >= 15 is 0 Å². The lowest BCUT2D eigenvalue weighted by Crippen LogP contribution is -2.22. The van der Waals surface area contributed by atoms with Crippen molar-refractivity contribution in [1.82, 2.24) is 0 Å². The summed E-state index contributed by atoms with van der Waals surface area (Å²) in [4.78, 5) is 10.6. The van der Waals surface area contributed by atoms with Crippen LogP contribution in [-0.2, 0) is 0 Å². The van der Waals surface area contributed by atoms with Gasteiger partial charge in [-0.15, -0.1) is 0 Å². The van der Waals surface area contributed by atoms with E-state index in [1.807, 2.05) is 6.07 Å². The van der Waals surface area contributed by atoms with Gasteiger partial charge in [0.15, 0.2) is 0 Å². The van der Waals surface area contributed by atoms with Gasteiger partial charge in [0.1, 0.15) is 5.69 Å². The summed E-state index contributed by atoms with van der Waals surface area (Å²) in [5.41, 5.74) is 0.803. The molecule has 1 N–H and O–H groups in total. The molecule has 2 rings (SSSR count). The van der Waals surface area contributed by atoms with Gasteiger partial charge in [-0.3, -0.25) is 10.1 Å². The average molecular weight is 245 g/mol. The zero-order valence-electron chi connectivity index (χ0n) is 10.2. The van der Waals surface area contributed by atoms with Crippen LogP contribution in [0.2, 0.25) is 0 Å². The third-order valence-electron chi connectivity index (χ3n) is 3.53. The Morgan fingerprint density at radius 1 is 1.50 bits per heavy atom. The van der Waals surface area contributed by atoms with Crippen LogP contribution in [0.15, 0.2) is 18.2 Å². The molecule has 0 aromatic heterocycles. The summed E-state index contributed by atoms with van der Waals surface area (Å²) >= 11 is 0. The first kappa shape index (κ1) is 12.4. The Balaban J connectivity index is 2.27. The van der Waals surface area contributed by atoms with Crippen LogP contribution >= 0.6 is 0 Å². The van der Waals surface area contributed by atoms with Crippen LogP contribution in [0.1, 0.15) is 31.7 Å². The van der Waals surface area contributed by atoms with E-state index in [-0.39, 0.29) is 11.7 Å². The molecule has 5 heteroatoms. The summed E-state index contributed by atoms with van der Waals surface area (Å²) in [5, 5.41) is 23.0. The van der Waals surface area contributed by atoms with Gasteiger partial charge in [-0.1, -0.05) is 13.3 Å². The minimum absolute atomic E-state index is 0.0202. The van der Waals surface area contributed by atoms with Crippen molar-refractivity contribution in [2.45, 2.75) is 32.2 Å². The lowest BCUT2D eigenvalue weighted by molar-refractivity contribution is -0.384. The summed E-state index contributed by atoms with van der Waals surface area (Å²) < 4.78 is 0. The smallest absolute Gasteiger partial charge is 0.293 e. The maximum Gasteiger partial charge on any atom is 0.293 e. The quantitative estimate of drug-likeness (QED) is 0.655. The second kappa shape index (κ2) is 5.05. The molecule has 2 atom stereocenters. The fourth-order valence-corrected chi connectivity index (χ4v) is 2.43. The number of rotatable bonds is 3. The van der Waals surface area contributed by atoms with Gasteiger partial charge in [0.05, 0.1) is 16.6 Å². The minimum atomic E-state index is -0.442. The van der Waals surface area contributed by atoms with Gasteiger partial charge in [0.2, 0.25) is 0 Å². The number of nitriles is 1. The Bertz CT molecular complexity index is 507. The Labute approximate surface area is 106 Å². The first-order valence-electron chi connectivity index (χ1n) is 6.07. The van der Waals surface area contributed by atoms with Crippen LogP contribution in [0.4, 0.5) is 11.4 Å². The van der Waals surface area contributed by atoms with Gasteiger partial charge >= 0.3 is 0 Å². The largest absolute Gasteiger partial charge is 0.376 e. The van der Waals surface area contributed by atoms with Crippen molar-refractivity contribution < 1.29 is 4.92 Å². The molecular weight excluding hydrogens is 230 g/mol. The number of nitrogens with one attached hydrogen (secondary N) is 1. The summed E-state index contributed by atoms with van der Waals surface area (Å²) in [5.74, 6) is 0.528. The predicted molar refractivity (Wildman–Crippen MR) is 68.2 cm³/mol. The van der Waals surface area contributed by atoms with E-state index in [4.69, 9.17) is 5.26 Å². The Kier molecular flexibility index (Phi) is 3.47. The van der Waals surface area contributed by atoms with Crippen LogP contribution < -0.4 is 5.32 Å². The van der Waals surface area contributed by atoms with Gasteiger partial charge in [-0.2, -0.15) is 5.26 Å². The number of nitro groups is 1. The number of nitro benzene ring substituents is 1. The van der Waals surface area contributed by atoms with Gasteiger partial charge in [-0.05, 0) is 30.9 Å². The molecule has 18 heavy (non-hydrogen) atoms. The van der Waals surface area contributed by atoms with Crippen LogP contribution in [0, 0.1) is 27.4 Å². The van der Waals surface area contributed by atoms with Gasteiger partial charge in [0.25, 0.3) is 5.69 Å². The molecule has 0 spiro atoms. The third-order valence-corrected chi connectivity index (χ3v) is 3.53. The van der Waals surface area contributed by atoms with E-state index in [1.165, 1.54) is 6.07 Å². The summed E-state index contributed by atoms with van der Waals surface area (Å²) in [6.07, 6.45) is 3.35. The van der Waals surface area contributed by atoms with E-state index in [9.17, 15) is 10.1 Å². The van der Waals surface area contributed by atoms with E-state index in [0.717, 1.165) is 19.3 Å². The summed E-state index contributed by atoms with van der Waals surface area (Å²) in [6, 6.07) is 6.76. The maximum absolute atomic E-state index is 11.0. The maximum atomic E-state index is 11.0. The second-order valence-electron chi connectivity index (χ2n) is 4.76. The molecule has 1 aliphatic rings. The highest BCUT2D eigenvalue weighted by Gasteiger charge is 2.25. The topological polar surface area (TPSA) is 79.0 Å². The van der Waals surface area contributed by atoms with Crippen molar-refractivity contribution in [3.8, 4) is 6.07 Å². The van der Waals surface area contributed by atoms with Crippen molar-refractivity contribution in [2.24, 2.45) is 5.92 Å². The lowest BCUT2D eigenvalue weighted by atomic mass is 10.1. The molecule has 1 saturated carbocycles. The zero-order chi connectivity index (χ0) is 13.1. The number of nitrogens with zero attached hydrogens (tertiary/aromatic N) is 2. The summed E-state index contributed by atoms with van der Waals surface area (Å²) in [6.45, 7) is 2.15. The lowest BCUT2D eigenvalue weighted by Gasteiger charge is -2.18. The molecule has 1 fully saturated rings. The molecule has 0 heterocycles.